The van der Waals surface area contributed by atoms with Gasteiger partial charge in [-0.05, 0) is 43.7 Å². The molecule has 4 rings (SSSR count). The molecule has 1 aromatic heterocycles. The number of carbonyl (C=O) groups is 2. The molecule has 0 N–H and O–H groups in total. The summed E-state index contributed by atoms with van der Waals surface area (Å²) in [5.41, 5.74) is 4.51. The summed E-state index contributed by atoms with van der Waals surface area (Å²) in [6.45, 7) is 3.82. The van der Waals surface area contributed by atoms with E-state index < -0.39 is 5.97 Å². The first-order valence-electron chi connectivity index (χ1n) is 9.86. The maximum absolute atomic E-state index is 12.4. The highest BCUT2D eigenvalue weighted by Gasteiger charge is 2.23. The molecule has 3 aromatic rings. The van der Waals surface area contributed by atoms with Crippen molar-refractivity contribution in [2.75, 3.05) is 13.2 Å². The zero-order valence-electron chi connectivity index (χ0n) is 17.2. The molecule has 0 saturated heterocycles. The van der Waals surface area contributed by atoms with Gasteiger partial charge in [0.25, 0.3) is 5.91 Å². The van der Waals surface area contributed by atoms with E-state index in [4.69, 9.17) is 16.3 Å². The van der Waals surface area contributed by atoms with Gasteiger partial charge in [0.2, 0.25) is 0 Å². The van der Waals surface area contributed by atoms with Gasteiger partial charge >= 0.3 is 5.97 Å². The summed E-state index contributed by atoms with van der Waals surface area (Å²) in [5.74, 6) is -0.925. The Labute approximate surface area is 184 Å². The van der Waals surface area contributed by atoms with Crippen LogP contribution in [0.5, 0.6) is 0 Å². The highest BCUT2D eigenvalue weighted by atomic mass is 35.5. The fourth-order valence-electron chi connectivity index (χ4n) is 3.37. The number of ether oxygens (including phenoxy) is 1. The zero-order valence-corrected chi connectivity index (χ0v) is 18.0. The van der Waals surface area contributed by atoms with E-state index >= 15 is 0 Å². The fraction of sp³-hybridized carbons (Fsp3) is 0.217. The highest BCUT2D eigenvalue weighted by molar-refractivity contribution is 6.31. The van der Waals surface area contributed by atoms with Crippen molar-refractivity contribution in [3.63, 3.8) is 0 Å². The van der Waals surface area contributed by atoms with Gasteiger partial charge in [-0.25, -0.2) is 14.5 Å². The lowest BCUT2D eigenvalue weighted by molar-refractivity contribution is -0.134. The number of nitrogens with zero attached hydrogens (tertiary/aromatic N) is 4. The van der Waals surface area contributed by atoms with Gasteiger partial charge in [0.15, 0.2) is 6.61 Å². The minimum atomic E-state index is -0.572. The van der Waals surface area contributed by atoms with Crippen LogP contribution in [0.25, 0.3) is 5.69 Å². The maximum atomic E-state index is 12.4. The Bertz CT molecular complexity index is 1150. The minimum absolute atomic E-state index is 0.346. The number of rotatable bonds is 5. The third-order valence-electron chi connectivity index (χ3n) is 5.07. The molecule has 0 fully saturated rings. The molecule has 0 saturated carbocycles. The smallest absolute Gasteiger partial charge is 0.338 e. The number of aryl methyl sites for hydroxylation is 1. The van der Waals surface area contributed by atoms with Crippen LogP contribution in [0.3, 0.4) is 0 Å². The molecular formula is C23H21ClN4O3. The van der Waals surface area contributed by atoms with Gasteiger partial charge in [-0.2, -0.15) is 10.2 Å². The van der Waals surface area contributed by atoms with Crippen molar-refractivity contribution in [2.24, 2.45) is 5.10 Å². The molecule has 1 aliphatic heterocycles. The Kier molecular flexibility index (Phi) is 5.86. The third-order valence-corrected chi connectivity index (χ3v) is 5.62. The van der Waals surface area contributed by atoms with Crippen molar-refractivity contribution in [1.29, 1.82) is 0 Å². The summed E-state index contributed by atoms with van der Waals surface area (Å²) in [6.07, 6.45) is 0.668. The predicted octanol–water partition coefficient (Wildman–Crippen LogP) is 3.94. The standard InChI is InChI=1S/C23H21ClN4O3/c1-15-22(24)16(2)28(25-15)19-10-8-18(9-11-19)23(30)31-14-21(29)27-13-12-20(26-27)17-6-4-3-5-7-17/h3-11H,12-14H2,1-2H3. The largest absolute Gasteiger partial charge is 0.452 e. The minimum Gasteiger partial charge on any atom is -0.452 e. The molecule has 0 radical (unpaired) electrons. The Balaban J connectivity index is 1.36. The molecule has 2 aromatic carbocycles. The molecular weight excluding hydrogens is 416 g/mol. The van der Waals surface area contributed by atoms with Crippen molar-refractivity contribution >= 4 is 29.2 Å². The summed E-state index contributed by atoms with van der Waals surface area (Å²) in [4.78, 5) is 24.7. The SMILES string of the molecule is Cc1nn(-c2ccc(C(=O)OCC(=O)N3CCC(c4ccccc4)=N3)cc2)c(C)c1Cl. The van der Waals surface area contributed by atoms with E-state index in [1.165, 1.54) is 5.01 Å². The first-order chi connectivity index (χ1) is 14.9. The van der Waals surface area contributed by atoms with Gasteiger partial charge in [0.05, 0.1) is 39.9 Å². The summed E-state index contributed by atoms with van der Waals surface area (Å²) in [6, 6.07) is 16.5. The Morgan fingerprint density at radius 2 is 1.77 bits per heavy atom. The van der Waals surface area contributed by atoms with Crippen LogP contribution in [0.1, 0.15) is 33.7 Å². The summed E-state index contributed by atoms with van der Waals surface area (Å²) < 4.78 is 6.91. The van der Waals surface area contributed by atoms with Crippen molar-refractivity contribution in [3.05, 3.63) is 82.1 Å². The van der Waals surface area contributed by atoms with Crippen LogP contribution in [-0.4, -0.2) is 45.5 Å². The summed E-state index contributed by atoms with van der Waals surface area (Å²) >= 11 is 6.20. The van der Waals surface area contributed by atoms with Gasteiger partial charge in [-0.1, -0.05) is 41.9 Å². The molecule has 1 aliphatic rings. The molecule has 0 aliphatic carbocycles. The number of hydrogen-bond acceptors (Lipinski definition) is 5. The van der Waals surface area contributed by atoms with E-state index in [2.05, 4.69) is 10.2 Å². The Hall–Kier alpha value is -3.45. The molecule has 7 nitrogen and oxygen atoms in total. The van der Waals surface area contributed by atoms with Gasteiger partial charge in [-0.3, -0.25) is 4.79 Å². The fourth-order valence-corrected chi connectivity index (χ4v) is 3.49. The van der Waals surface area contributed by atoms with Crippen molar-refractivity contribution in [1.82, 2.24) is 14.8 Å². The number of amides is 1. The van der Waals surface area contributed by atoms with Gasteiger partial charge in [-0.15, -0.1) is 0 Å². The normalized spacial score (nSPS) is 13.3. The van der Waals surface area contributed by atoms with Crippen LogP contribution < -0.4 is 0 Å². The average molecular weight is 437 g/mol. The molecule has 31 heavy (non-hydrogen) atoms. The molecule has 2 heterocycles. The van der Waals surface area contributed by atoms with E-state index in [1.807, 2.05) is 44.2 Å². The van der Waals surface area contributed by atoms with Crippen LogP contribution in [0.4, 0.5) is 0 Å². The number of benzene rings is 2. The van der Waals surface area contributed by atoms with E-state index in [-0.39, 0.29) is 12.5 Å². The first kappa shape index (κ1) is 20.8. The number of carbonyl (C=O) groups excluding carboxylic acids is 2. The molecule has 1 amide bonds. The van der Waals surface area contributed by atoms with E-state index in [0.717, 1.165) is 28.4 Å². The average Bonchev–Trinajstić information content (AvgIpc) is 3.39. The molecule has 0 bridgehead atoms. The summed E-state index contributed by atoms with van der Waals surface area (Å²) in [5, 5.41) is 10.7. The molecule has 8 heteroatoms. The lowest BCUT2D eigenvalue weighted by Crippen LogP contribution is -2.28. The Morgan fingerprint density at radius 1 is 1.06 bits per heavy atom. The van der Waals surface area contributed by atoms with Gasteiger partial charge in [0.1, 0.15) is 0 Å². The van der Waals surface area contributed by atoms with E-state index in [9.17, 15) is 9.59 Å². The second kappa shape index (κ2) is 8.73. The van der Waals surface area contributed by atoms with Crippen molar-refractivity contribution < 1.29 is 14.3 Å². The first-order valence-corrected chi connectivity index (χ1v) is 10.2. The lowest BCUT2D eigenvalue weighted by atomic mass is 10.1. The predicted molar refractivity (Wildman–Crippen MR) is 118 cm³/mol. The number of esters is 1. The summed E-state index contributed by atoms with van der Waals surface area (Å²) in [7, 11) is 0. The van der Waals surface area contributed by atoms with E-state index in [1.54, 1.807) is 28.9 Å². The van der Waals surface area contributed by atoms with Crippen LogP contribution in [0, 0.1) is 13.8 Å². The molecule has 158 valence electrons. The second-order valence-corrected chi connectivity index (χ2v) is 7.58. The number of hydrazone groups is 1. The number of aromatic nitrogens is 2. The van der Waals surface area contributed by atoms with Crippen LogP contribution in [0.15, 0.2) is 59.7 Å². The van der Waals surface area contributed by atoms with Crippen LogP contribution in [0.2, 0.25) is 5.02 Å². The third kappa shape index (κ3) is 4.36. The second-order valence-electron chi connectivity index (χ2n) is 7.20. The van der Waals surface area contributed by atoms with Crippen LogP contribution in [-0.2, 0) is 9.53 Å². The number of hydrogen-bond donors (Lipinski definition) is 0. The van der Waals surface area contributed by atoms with Crippen LogP contribution >= 0.6 is 11.6 Å². The number of halogens is 1. The topological polar surface area (TPSA) is 76.8 Å². The molecule has 0 spiro atoms. The van der Waals surface area contributed by atoms with Crippen molar-refractivity contribution in [2.45, 2.75) is 20.3 Å². The molecule has 0 unspecified atom stereocenters. The highest BCUT2D eigenvalue weighted by Crippen LogP contribution is 2.22. The quantitative estimate of drug-likeness (QED) is 0.568. The van der Waals surface area contributed by atoms with Crippen molar-refractivity contribution in [3.8, 4) is 5.69 Å². The van der Waals surface area contributed by atoms with E-state index in [0.29, 0.717) is 23.6 Å². The lowest BCUT2D eigenvalue weighted by Gasteiger charge is -2.12. The van der Waals surface area contributed by atoms with Gasteiger partial charge < -0.3 is 4.74 Å². The maximum Gasteiger partial charge on any atom is 0.338 e. The molecule has 0 atom stereocenters. The van der Waals surface area contributed by atoms with Gasteiger partial charge in [0, 0.05) is 6.42 Å². The zero-order chi connectivity index (χ0) is 22.0. The Morgan fingerprint density at radius 3 is 2.42 bits per heavy atom. The monoisotopic (exact) mass is 436 g/mol.